The largest absolute Gasteiger partial charge is 0.382 e. The number of methoxy groups -OCH3 is 1. The third-order valence-electron chi connectivity index (χ3n) is 3.53. The summed E-state index contributed by atoms with van der Waals surface area (Å²) in [6, 6.07) is 18.8. The van der Waals surface area contributed by atoms with E-state index in [1.165, 1.54) is 11.3 Å². The highest BCUT2D eigenvalue weighted by Gasteiger charge is 2.28. The van der Waals surface area contributed by atoms with Gasteiger partial charge < -0.3 is 4.74 Å². The normalized spacial score (nSPS) is 17.6. The molecule has 0 amide bonds. The second kappa shape index (κ2) is 5.88. The van der Waals surface area contributed by atoms with Gasteiger partial charge in [-0.05, 0) is 23.6 Å². The number of nitrogens with zero attached hydrogens (tertiary/aromatic N) is 2. The van der Waals surface area contributed by atoms with Crippen LogP contribution in [0.4, 0.5) is 5.69 Å². The van der Waals surface area contributed by atoms with E-state index in [0.29, 0.717) is 6.61 Å². The predicted molar refractivity (Wildman–Crippen MR) is 82.3 cm³/mol. The zero-order valence-corrected chi connectivity index (χ0v) is 11.6. The topological polar surface area (TPSA) is 24.8 Å². The number of hydrazone groups is 1. The molecule has 0 spiro atoms. The van der Waals surface area contributed by atoms with Crippen LogP contribution in [-0.4, -0.2) is 26.0 Å². The molecule has 0 saturated carbocycles. The van der Waals surface area contributed by atoms with E-state index in [0.717, 1.165) is 12.0 Å². The van der Waals surface area contributed by atoms with Gasteiger partial charge in [-0.3, -0.25) is 5.01 Å². The number of anilines is 1. The highest BCUT2D eigenvalue weighted by atomic mass is 16.5. The van der Waals surface area contributed by atoms with Gasteiger partial charge >= 0.3 is 0 Å². The van der Waals surface area contributed by atoms with Crippen molar-refractivity contribution in [3.8, 4) is 0 Å². The molecule has 20 heavy (non-hydrogen) atoms. The van der Waals surface area contributed by atoms with E-state index in [1.807, 2.05) is 24.4 Å². The van der Waals surface area contributed by atoms with Crippen molar-refractivity contribution in [2.45, 2.75) is 12.5 Å². The maximum absolute atomic E-state index is 5.32. The van der Waals surface area contributed by atoms with Crippen LogP contribution < -0.4 is 5.01 Å². The standard InChI is InChI=1S/C17H18N2O/c1-20-13-16-11-15-9-5-6-10-17(15)19(16)18-12-14-7-3-2-4-8-14/h2-10,12,16H,11,13H2,1H3/b18-12+/t16-/m0/s1. The molecule has 1 aliphatic rings. The molecule has 0 aromatic heterocycles. The molecule has 0 fully saturated rings. The lowest BCUT2D eigenvalue weighted by Gasteiger charge is -2.21. The Hall–Kier alpha value is -2.13. The highest BCUT2D eigenvalue weighted by molar-refractivity contribution is 5.80. The quantitative estimate of drug-likeness (QED) is 0.794. The molecule has 2 aromatic carbocycles. The molecule has 1 aliphatic heterocycles. The smallest absolute Gasteiger partial charge is 0.0800 e. The van der Waals surface area contributed by atoms with Crippen LogP contribution in [0.5, 0.6) is 0 Å². The molecule has 1 heterocycles. The molecule has 0 aliphatic carbocycles. The SMILES string of the molecule is COC[C@@H]1Cc2ccccc2N1/N=C/c1ccccc1. The fourth-order valence-corrected chi connectivity index (χ4v) is 2.59. The fraction of sp³-hybridized carbons (Fsp3) is 0.235. The number of hydrogen-bond acceptors (Lipinski definition) is 3. The van der Waals surface area contributed by atoms with Crippen molar-refractivity contribution in [2.24, 2.45) is 5.10 Å². The zero-order valence-electron chi connectivity index (χ0n) is 11.6. The number of ether oxygens (including phenoxy) is 1. The minimum absolute atomic E-state index is 0.275. The van der Waals surface area contributed by atoms with Gasteiger partial charge in [-0.15, -0.1) is 0 Å². The van der Waals surface area contributed by atoms with E-state index in [4.69, 9.17) is 4.74 Å². The summed E-state index contributed by atoms with van der Waals surface area (Å²) in [7, 11) is 1.74. The molecule has 3 heteroatoms. The molecule has 0 unspecified atom stereocenters. The summed E-state index contributed by atoms with van der Waals surface area (Å²) in [5.41, 5.74) is 3.62. The van der Waals surface area contributed by atoms with Gasteiger partial charge in [0.25, 0.3) is 0 Å². The van der Waals surface area contributed by atoms with Gasteiger partial charge in [0.2, 0.25) is 0 Å². The first-order valence-electron chi connectivity index (χ1n) is 6.83. The van der Waals surface area contributed by atoms with Crippen molar-refractivity contribution in [3.63, 3.8) is 0 Å². The van der Waals surface area contributed by atoms with Crippen LogP contribution in [0, 0.1) is 0 Å². The number of hydrogen-bond donors (Lipinski definition) is 0. The van der Waals surface area contributed by atoms with Gasteiger partial charge in [-0.1, -0.05) is 48.5 Å². The van der Waals surface area contributed by atoms with E-state index in [1.54, 1.807) is 7.11 Å². The molecular formula is C17H18N2O. The number of benzene rings is 2. The lowest BCUT2D eigenvalue weighted by atomic mass is 10.1. The fourth-order valence-electron chi connectivity index (χ4n) is 2.59. The van der Waals surface area contributed by atoms with Crippen molar-refractivity contribution in [3.05, 3.63) is 65.7 Å². The molecule has 3 nitrogen and oxygen atoms in total. The van der Waals surface area contributed by atoms with Gasteiger partial charge in [0.1, 0.15) is 0 Å². The summed E-state index contributed by atoms with van der Waals surface area (Å²) in [5, 5.41) is 6.74. The van der Waals surface area contributed by atoms with E-state index in [2.05, 4.69) is 46.5 Å². The molecule has 0 saturated heterocycles. The van der Waals surface area contributed by atoms with Gasteiger partial charge in [0.05, 0.1) is 24.6 Å². The number of rotatable bonds is 4. The minimum atomic E-state index is 0.275. The van der Waals surface area contributed by atoms with E-state index in [-0.39, 0.29) is 6.04 Å². The van der Waals surface area contributed by atoms with Crippen LogP contribution in [-0.2, 0) is 11.2 Å². The summed E-state index contributed by atoms with van der Waals surface area (Å²) < 4.78 is 5.32. The van der Waals surface area contributed by atoms with E-state index >= 15 is 0 Å². The first-order chi connectivity index (χ1) is 9.88. The second-order valence-corrected chi connectivity index (χ2v) is 4.94. The van der Waals surface area contributed by atoms with Gasteiger partial charge in [-0.25, -0.2) is 0 Å². The Morgan fingerprint density at radius 2 is 1.90 bits per heavy atom. The van der Waals surface area contributed by atoms with Crippen LogP contribution in [0.2, 0.25) is 0 Å². The van der Waals surface area contributed by atoms with Crippen LogP contribution in [0.3, 0.4) is 0 Å². The first-order valence-corrected chi connectivity index (χ1v) is 6.83. The lowest BCUT2D eigenvalue weighted by Crippen LogP contribution is -2.31. The highest BCUT2D eigenvalue weighted by Crippen LogP contribution is 2.32. The van der Waals surface area contributed by atoms with Crippen LogP contribution in [0.15, 0.2) is 59.7 Å². The van der Waals surface area contributed by atoms with E-state index < -0.39 is 0 Å². The molecule has 0 radical (unpaired) electrons. The summed E-state index contributed by atoms with van der Waals surface area (Å²) in [6.45, 7) is 0.681. The van der Waals surface area contributed by atoms with Crippen molar-refractivity contribution >= 4 is 11.9 Å². The van der Waals surface area contributed by atoms with Crippen LogP contribution in [0.25, 0.3) is 0 Å². The summed E-state index contributed by atoms with van der Waals surface area (Å²) in [6.07, 6.45) is 2.89. The summed E-state index contributed by atoms with van der Waals surface area (Å²) in [4.78, 5) is 0. The van der Waals surface area contributed by atoms with Crippen molar-refractivity contribution < 1.29 is 4.74 Å². The maximum atomic E-state index is 5.32. The number of para-hydroxylation sites is 1. The Bertz CT molecular complexity index is 595. The first kappa shape index (κ1) is 12.9. The zero-order chi connectivity index (χ0) is 13.8. The molecule has 102 valence electrons. The van der Waals surface area contributed by atoms with Crippen LogP contribution >= 0.6 is 0 Å². The Morgan fingerprint density at radius 3 is 2.70 bits per heavy atom. The molecule has 2 aromatic rings. The minimum Gasteiger partial charge on any atom is -0.382 e. The Morgan fingerprint density at radius 1 is 1.15 bits per heavy atom. The van der Waals surface area contributed by atoms with Gasteiger partial charge in [-0.2, -0.15) is 5.10 Å². The summed E-state index contributed by atoms with van der Waals surface area (Å²) >= 11 is 0. The van der Waals surface area contributed by atoms with E-state index in [9.17, 15) is 0 Å². The Labute approximate surface area is 119 Å². The monoisotopic (exact) mass is 266 g/mol. The predicted octanol–water partition coefficient (Wildman–Crippen LogP) is 3.10. The lowest BCUT2D eigenvalue weighted by molar-refractivity contribution is 0.179. The molecule has 0 N–H and O–H groups in total. The number of fused-ring (bicyclic) bond motifs is 1. The Balaban J connectivity index is 1.87. The maximum Gasteiger partial charge on any atom is 0.0800 e. The molecule has 0 bridgehead atoms. The molecule has 1 atom stereocenters. The average Bonchev–Trinajstić information content (AvgIpc) is 2.84. The average molecular weight is 266 g/mol. The van der Waals surface area contributed by atoms with Crippen molar-refractivity contribution in [1.29, 1.82) is 0 Å². The van der Waals surface area contributed by atoms with Crippen LogP contribution in [0.1, 0.15) is 11.1 Å². The van der Waals surface area contributed by atoms with Gasteiger partial charge in [0.15, 0.2) is 0 Å². The third-order valence-corrected chi connectivity index (χ3v) is 3.53. The summed E-state index contributed by atoms with van der Waals surface area (Å²) in [5.74, 6) is 0. The van der Waals surface area contributed by atoms with Crippen molar-refractivity contribution in [1.82, 2.24) is 0 Å². The molecular weight excluding hydrogens is 248 g/mol. The molecule has 3 rings (SSSR count). The second-order valence-electron chi connectivity index (χ2n) is 4.94. The van der Waals surface area contributed by atoms with Crippen molar-refractivity contribution in [2.75, 3.05) is 18.7 Å². The third kappa shape index (κ3) is 2.58. The Kier molecular flexibility index (Phi) is 3.79. The van der Waals surface area contributed by atoms with Gasteiger partial charge in [0, 0.05) is 7.11 Å².